The lowest BCUT2D eigenvalue weighted by Gasteiger charge is -2.17. The first-order valence-corrected chi connectivity index (χ1v) is 7.67. The second-order valence-corrected chi connectivity index (χ2v) is 5.55. The predicted octanol–water partition coefficient (Wildman–Crippen LogP) is 4.29. The van der Waals surface area contributed by atoms with Crippen molar-refractivity contribution in [2.45, 2.75) is 26.4 Å². The Labute approximate surface area is 150 Å². The molecule has 0 aliphatic carbocycles. The van der Waals surface area contributed by atoms with E-state index in [9.17, 15) is 0 Å². The van der Waals surface area contributed by atoms with Crippen molar-refractivity contribution in [3.8, 4) is 17.2 Å². The third-order valence-corrected chi connectivity index (χ3v) is 3.91. The molecule has 0 radical (unpaired) electrons. The van der Waals surface area contributed by atoms with E-state index in [-0.39, 0.29) is 18.4 Å². The molecule has 0 heterocycles. The van der Waals surface area contributed by atoms with E-state index in [0.29, 0.717) is 23.8 Å². The van der Waals surface area contributed by atoms with E-state index in [1.54, 1.807) is 21.3 Å². The first-order chi connectivity index (χ1) is 11.1. The summed E-state index contributed by atoms with van der Waals surface area (Å²) in [6, 6.07) is 12.8. The standard InChI is InChI=1S/C19H25NO3.ClH/c1-13-6-8-16(9-7-13)14(2)20-12-15-10-17(21-3)19(23-5)18(11-15)22-4;/h6-11,14,20H,12H2,1-5H3;1H. The van der Waals surface area contributed by atoms with Crippen molar-refractivity contribution in [2.24, 2.45) is 0 Å². The number of rotatable bonds is 7. The SMILES string of the molecule is COc1cc(CNC(C)c2ccc(C)cc2)cc(OC)c1OC.Cl. The van der Waals surface area contributed by atoms with Crippen molar-refractivity contribution in [2.75, 3.05) is 21.3 Å². The molecule has 0 bridgehead atoms. The van der Waals surface area contributed by atoms with Crippen LogP contribution in [0.1, 0.15) is 29.7 Å². The van der Waals surface area contributed by atoms with Crippen LogP contribution in [0.5, 0.6) is 17.2 Å². The lowest BCUT2D eigenvalue weighted by atomic mass is 10.1. The summed E-state index contributed by atoms with van der Waals surface area (Å²) in [5.41, 5.74) is 3.62. The van der Waals surface area contributed by atoms with Crippen molar-refractivity contribution in [1.29, 1.82) is 0 Å². The Morgan fingerprint density at radius 1 is 0.917 bits per heavy atom. The minimum absolute atomic E-state index is 0. The summed E-state index contributed by atoms with van der Waals surface area (Å²) in [5.74, 6) is 1.96. The molecule has 0 spiro atoms. The number of hydrogen-bond donors (Lipinski definition) is 1. The van der Waals surface area contributed by atoms with Gasteiger partial charge in [-0.1, -0.05) is 29.8 Å². The highest BCUT2D eigenvalue weighted by Gasteiger charge is 2.13. The van der Waals surface area contributed by atoms with Crippen molar-refractivity contribution in [3.05, 3.63) is 53.1 Å². The van der Waals surface area contributed by atoms with Gasteiger partial charge in [-0.15, -0.1) is 12.4 Å². The van der Waals surface area contributed by atoms with Crippen LogP contribution in [0.3, 0.4) is 0 Å². The monoisotopic (exact) mass is 351 g/mol. The van der Waals surface area contributed by atoms with Crippen LogP contribution in [0, 0.1) is 6.92 Å². The summed E-state index contributed by atoms with van der Waals surface area (Å²) in [5, 5.41) is 3.52. The molecule has 2 aromatic rings. The Morgan fingerprint density at radius 3 is 1.92 bits per heavy atom. The van der Waals surface area contributed by atoms with Crippen LogP contribution in [0.25, 0.3) is 0 Å². The Hall–Kier alpha value is -1.91. The van der Waals surface area contributed by atoms with Crippen LogP contribution in [-0.4, -0.2) is 21.3 Å². The van der Waals surface area contributed by atoms with Gasteiger partial charge in [0.05, 0.1) is 21.3 Å². The molecule has 0 saturated heterocycles. The minimum Gasteiger partial charge on any atom is -0.493 e. The number of ether oxygens (including phenoxy) is 3. The number of nitrogens with one attached hydrogen (secondary N) is 1. The van der Waals surface area contributed by atoms with E-state index in [0.717, 1.165) is 5.56 Å². The van der Waals surface area contributed by atoms with Crippen LogP contribution in [-0.2, 0) is 6.54 Å². The molecule has 1 atom stereocenters. The molecule has 1 N–H and O–H groups in total. The topological polar surface area (TPSA) is 39.7 Å². The van der Waals surface area contributed by atoms with Gasteiger partial charge in [0.2, 0.25) is 5.75 Å². The fraction of sp³-hybridized carbons (Fsp3) is 0.368. The maximum atomic E-state index is 5.39. The van der Waals surface area contributed by atoms with Crippen LogP contribution in [0.15, 0.2) is 36.4 Å². The summed E-state index contributed by atoms with van der Waals surface area (Å²) < 4.78 is 16.1. The number of aryl methyl sites for hydroxylation is 1. The molecule has 1 unspecified atom stereocenters. The zero-order valence-electron chi connectivity index (χ0n) is 14.9. The minimum atomic E-state index is 0. The second-order valence-electron chi connectivity index (χ2n) is 5.55. The maximum Gasteiger partial charge on any atom is 0.203 e. The fourth-order valence-corrected chi connectivity index (χ4v) is 2.48. The lowest BCUT2D eigenvalue weighted by Crippen LogP contribution is -2.18. The summed E-state index contributed by atoms with van der Waals surface area (Å²) in [6.07, 6.45) is 0. The molecule has 132 valence electrons. The van der Waals surface area contributed by atoms with Gasteiger partial charge >= 0.3 is 0 Å². The van der Waals surface area contributed by atoms with Gasteiger partial charge in [-0.25, -0.2) is 0 Å². The summed E-state index contributed by atoms with van der Waals surface area (Å²) in [6.45, 7) is 4.96. The summed E-state index contributed by atoms with van der Waals surface area (Å²) in [4.78, 5) is 0. The fourth-order valence-electron chi connectivity index (χ4n) is 2.48. The summed E-state index contributed by atoms with van der Waals surface area (Å²) in [7, 11) is 4.87. The number of halogens is 1. The van der Waals surface area contributed by atoms with E-state index in [1.807, 2.05) is 12.1 Å². The first-order valence-electron chi connectivity index (χ1n) is 7.67. The highest BCUT2D eigenvalue weighted by molar-refractivity contribution is 5.85. The van der Waals surface area contributed by atoms with Crippen molar-refractivity contribution in [1.82, 2.24) is 5.32 Å². The van der Waals surface area contributed by atoms with Crippen LogP contribution in [0.2, 0.25) is 0 Å². The van der Waals surface area contributed by atoms with Crippen molar-refractivity contribution < 1.29 is 14.2 Å². The second kappa shape index (κ2) is 9.40. The molecule has 4 nitrogen and oxygen atoms in total. The Kier molecular flexibility index (Phi) is 7.89. The van der Waals surface area contributed by atoms with Crippen LogP contribution < -0.4 is 19.5 Å². The van der Waals surface area contributed by atoms with Crippen LogP contribution >= 0.6 is 12.4 Å². The highest BCUT2D eigenvalue weighted by Crippen LogP contribution is 2.38. The molecule has 2 rings (SSSR count). The van der Waals surface area contributed by atoms with Gasteiger partial charge in [-0.05, 0) is 37.1 Å². The third kappa shape index (κ3) is 4.79. The van der Waals surface area contributed by atoms with Gasteiger partial charge in [-0.2, -0.15) is 0 Å². The summed E-state index contributed by atoms with van der Waals surface area (Å²) >= 11 is 0. The Bertz CT molecular complexity index is 619. The van der Waals surface area contributed by atoms with E-state index < -0.39 is 0 Å². The molecule has 0 saturated carbocycles. The van der Waals surface area contributed by atoms with E-state index in [2.05, 4.69) is 43.4 Å². The molecule has 0 aliphatic heterocycles. The van der Waals surface area contributed by atoms with Gasteiger partial charge in [0.1, 0.15) is 0 Å². The van der Waals surface area contributed by atoms with Gasteiger partial charge in [0.15, 0.2) is 11.5 Å². The molecule has 0 amide bonds. The van der Waals surface area contributed by atoms with Gasteiger partial charge in [0, 0.05) is 12.6 Å². The van der Waals surface area contributed by atoms with Gasteiger partial charge in [-0.3, -0.25) is 0 Å². The molecular formula is C19H26ClNO3. The lowest BCUT2D eigenvalue weighted by molar-refractivity contribution is 0.323. The molecule has 0 aromatic heterocycles. The van der Waals surface area contributed by atoms with Crippen LogP contribution in [0.4, 0.5) is 0 Å². The third-order valence-electron chi connectivity index (χ3n) is 3.91. The average Bonchev–Trinajstić information content (AvgIpc) is 2.59. The normalized spacial score (nSPS) is 11.4. The number of hydrogen-bond acceptors (Lipinski definition) is 4. The highest BCUT2D eigenvalue weighted by atomic mass is 35.5. The van der Waals surface area contributed by atoms with Crippen molar-refractivity contribution >= 4 is 12.4 Å². The predicted molar refractivity (Wildman–Crippen MR) is 99.8 cm³/mol. The van der Waals surface area contributed by atoms with Gasteiger partial charge in [0.25, 0.3) is 0 Å². The van der Waals surface area contributed by atoms with E-state index >= 15 is 0 Å². The quantitative estimate of drug-likeness (QED) is 0.807. The van der Waals surface area contributed by atoms with Crippen molar-refractivity contribution in [3.63, 3.8) is 0 Å². The van der Waals surface area contributed by atoms with E-state index in [1.165, 1.54) is 11.1 Å². The largest absolute Gasteiger partial charge is 0.493 e. The van der Waals surface area contributed by atoms with Gasteiger partial charge < -0.3 is 19.5 Å². The Morgan fingerprint density at radius 2 is 1.46 bits per heavy atom. The maximum absolute atomic E-state index is 5.39. The molecule has 24 heavy (non-hydrogen) atoms. The Balaban J connectivity index is 0.00000288. The van der Waals surface area contributed by atoms with E-state index in [4.69, 9.17) is 14.2 Å². The smallest absolute Gasteiger partial charge is 0.203 e. The molecule has 2 aromatic carbocycles. The molecule has 0 fully saturated rings. The zero-order chi connectivity index (χ0) is 16.8. The average molecular weight is 352 g/mol. The zero-order valence-corrected chi connectivity index (χ0v) is 15.7. The molecule has 0 aliphatic rings. The number of benzene rings is 2. The molecule has 5 heteroatoms. The number of methoxy groups -OCH3 is 3. The molecular weight excluding hydrogens is 326 g/mol. The first kappa shape index (κ1) is 20.1.